The molecule has 1 aliphatic heterocycles. The lowest BCUT2D eigenvalue weighted by Crippen LogP contribution is -2.68. The van der Waals surface area contributed by atoms with Crippen LogP contribution in [0.25, 0.3) is 16.3 Å². The van der Waals surface area contributed by atoms with E-state index < -0.39 is 10.2 Å². The molecule has 34 heavy (non-hydrogen) atoms. The average Bonchev–Trinajstić information content (AvgIpc) is 3.37. The number of anilines is 1. The van der Waals surface area contributed by atoms with Gasteiger partial charge in [0.1, 0.15) is 11.2 Å². The van der Waals surface area contributed by atoms with Crippen LogP contribution in [0.4, 0.5) is 5.69 Å². The topological polar surface area (TPSA) is 108 Å². The number of nitrogens with one attached hydrogen (secondary N) is 1. The average molecular weight is 517 g/mol. The number of para-hydroxylation sites is 2. The molecule has 1 aliphatic rings. The van der Waals surface area contributed by atoms with Crippen LogP contribution in [0.15, 0.2) is 88.8 Å². The highest BCUT2D eigenvalue weighted by Crippen LogP contribution is 2.40. The second kappa shape index (κ2) is 12.3. The molecule has 0 atom stereocenters. The molecule has 0 aliphatic carbocycles. The molecule has 0 bridgehead atoms. The summed E-state index contributed by atoms with van der Waals surface area (Å²) in [4.78, 5) is 1.28. The van der Waals surface area contributed by atoms with E-state index in [2.05, 4.69) is 109 Å². The summed E-state index contributed by atoms with van der Waals surface area (Å²) in [7, 11) is -4.94. The van der Waals surface area contributed by atoms with Gasteiger partial charge >= 0.3 is 0 Å². The molecule has 2 aromatic carbocycles. The summed E-state index contributed by atoms with van der Waals surface area (Å²) in [6.45, 7) is 5.43. The van der Waals surface area contributed by atoms with E-state index in [0.717, 1.165) is 18.0 Å². The number of nitrogens with zero attached hydrogens (tertiary/aromatic N) is 1. The Kier molecular flexibility index (Phi) is 9.49. The number of thioether (sulfide) groups is 1. The molecule has 0 radical (unpaired) electrons. The standard InChI is InChI=1S/C25H24N2S2.ClHO4/c1-3-19-13-12-16-22-25(19)27(4-2)24(29-22)18-9-7-5-6-8-17-23-26-20-14-10-11-15-21(20)28-23;2-1(3,4)5/h5-18H,3-4H2,1-2H3;(H,2,3,4,5). The van der Waals surface area contributed by atoms with Gasteiger partial charge in [0, 0.05) is 16.5 Å². The highest BCUT2D eigenvalue weighted by atomic mass is 35.7. The van der Waals surface area contributed by atoms with Crippen molar-refractivity contribution >= 4 is 45.1 Å². The minimum atomic E-state index is -4.94. The maximum absolute atomic E-state index is 8.49. The van der Waals surface area contributed by atoms with Gasteiger partial charge < -0.3 is 5.32 Å². The van der Waals surface area contributed by atoms with Gasteiger partial charge in [-0.05, 0) is 37.6 Å². The number of aryl methyl sites for hydroxylation is 2. The zero-order valence-electron chi connectivity index (χ0n) is 18.8. The third kappa shape index (κ3) is 7.54. The van der Waals surface area contributed by atoms with Crippen molar-refractivity contribution in [2.24, 2.45) is 0 Å². The van der Waals surface area contributed by atoms with Crippen LogP contribution < -0.4 is 28.5 Å². The highest BCUT2D eigenvalue weighted by molar-refractivity contribution is 8.03. The Morgan fingerprint density at radius 1 is 0.912 bits per heavy atom. The number of aromatic nitrogens is 1. The quantitative estimate of drug-likeness (QED) is 0.397. The van der Waals surface area contributed by atoms with Crippen LogP contribution in [0.5, 0.6) is 0 Å². The lowest BCUT2D eigenvalue weighted by atomic mass is 10.1. The number of fused-ring (bicyclic) bond motifs is 2. The van der Waals surface area contributed by atoms with E-state index in [1.807, 2.05) is 11.3 Å². The van der Waals surface area contributed by atoms with E-state index in [-0.39, 0.29) is 0 Å². The van der Waals surface area contributed by atoms with Crippen LogP contribution in [0.3, 0.4) is 0 Å². The second-order valence-electron chi connectivity index (χ2n) is 7.06. The number of halogens is 1. The molecule has 0 saturated heterocycles. The Bertz CT molecular complexity index is 1210. The fourth-order valence-corrected chi connectivity index (χ4v) is 5.55. The van der Waals surface area contributed by atoms with E-state index in [9.17, 15) is 0 Å². The third-order valence-corrected chi connectivity index (χ3v) is 6.97. The van der Waals surface area contributed by atoms with Gasteiger partial charge in [0.2, 0.25) is 5.52 Å². The van der Waals surface area contributed by atoms with Crippen molar-refractivity contribution in [2.45, 2.75) is 31.7 Å². The van der Waals surface area contributed by atoms with Gasteiger partial charge in [-0.25, -0.2) is 18.6 Å². The fourth-order valence-electron chi connectivity index (χ4n) is 3.44. The molecule has 0 saturated carbocycles. The first kappa shape index (κ1) is 26.2. The molecule has 6 nitrogen and oxygen atoms in total. The summed E-state index contributed by atoms with van der Waals surface area (Å²) in [6.07, 6.45) is 15.8. The van der Waals surface area contributed by atoms with Crippen LogP contribution in [-0.4, -0.2) is 0 Å². The first-order valence-corrected chi connectivity index (χ1v) is 13.5. The minimum Gasteiger partial charge on any atom is -0.349 e. The highest BCUT2D eigenvalue weighted by Gasteiger charge is 2.19. The molecular formula is C25H25ClN2O4S2. The molecule has 0 amide bonds. The molecule has 0 spiro atoms. The largest absolute Gasteiger partial charge is 0.349 e. The first-order valence-electron chi connectivity index (χ1n) is 10.6. The molecule has 178 valence electrons. The van der Waals surface area contributed by atoms with Gasteiger partial charge in [-0.1, -0.05) is 84.7 Å². The van der Waals surface area contributed by atoms with E-state index in [1.54, 1.807) is 11.8 Å². The molecule has 1 N–H and O–H groups in total. The summed E-state index contributed by atoms with van der Waals surface area (Å²) in [6, 6.07) is 15.0. The molecule has 3 aromatic rings. The van der Waals surface area contributed by atoms with Crippen molar-refractivity contribution in [3.05, 3.63) is 94.5 Å². The predicted molar refractivity (Wildman–Crippen MR) is 128 cm³/mol. The first-order chi connectivity index (χ1) is 16.3. The zero-order valence-corrected chi connectivity index (χ0v) is 21.2. The van der Waals surface area contributed by atoms with Crippen molar-refractivity contribution in [3.8, 4) is 0 Å². The van der Waals surface area contributed by atoms with Crippen LogP contribution >= 0.6 is 23.1 Å². The van der Waals surface area contributed by atoms with E-state index in [0.29, 0.717) is 0 Å². The number of benzene rings is 2. The fraction of sp³-hybridized carbons (Fsp3) is 0.160. The summed E-state index contributed by atoms with van der Waals surface area (Å²) in [5.74, 6) is 0. The number of hydrogen-bond acceptors (Lipinski definition) is 7. The summed E-state index contributed by atoms with van der Waals surface area (Å²) in [5.41, 5.74) is 4.00. The van der Waals surface area contributed by atoms with Crippen molar-refractivity contribution in [2.75, 3.05) is 5.32 Å². The van der Waals surface area contributed by atoms with Crippen molar-refractivity contribution < 1.29 is 33.4 Å². The maximum Gasteiger partial charge on any atom is 0.262 e. The number of hydrogen-bond donors (Lipinski definition) is 1. The summed E-state index contributed by atoms with van der Waals surface area (Å²) in [5, 5.41) is 5.88. The molecule has 9 heteroatoms. The third-order valence-electron chi connectivity index (χ3n) is 4.83. The molecule has 0 unspecified atom stereocenters. The second-order valence-corrected chi connectivity index (χ2v) is 9.96. The number of thiazole rings is 1. The molecular weight excluding hydrogens is 492 g/mol. The Balaban J connectivity index is 0.000000588. The number of rotatable bonds is 6. The molecule has 2 heterocycles. The maximum atomic E-state index is 8.49. The van der Waals surface area contributed by atoms with E-state index in [1.165, 1.54) is 31.4 Å². The van der Waals surface area contributed by atoms with Gasteiger partial charge in [-0.3, -0.25) is 0 Å². The van der Waals surface area contributed by atoms with Gasteiger partial charge in [-0.2, -0.15) is 4.57 Å². The smallest absolute Gasteiger partial charge is 0.262 e. The number of allylic oxidation sites excluding steroid dienone is 6. The van der Waals surface area contributed by atoms with Crippen LogP contribution in [0.1, 0.15) is 24.4 Å². The van der Waals surface area contributed by atoms with Gasteiger partial charge in [-0.15, -0.1) is 10.2 Å². The molecule has 0 fully saturated rings. The van der Waals surface area contributed by atoms with Crippen LogP contribution in [-0.2, 0) is 13.0 Å². The van der Waals surface area contributed by atoms with Crippen molar-refractivity contribution in [1.82, 2.24) is 0 Å². The van der Waals surface area contributed by atoms with Crippen LogP contribution in [0, 0.1) is 10.2 Å². The summed E-state index contributed by atoms with van der Waals surface area (Å²) < 4.78 is 37.8. The normalized spacial score (nSPS) is 14.8. The Morgan fingerprint density at radius 3 is 2.32 bits per heavy atom. The molecule has 4 rings (SSSR count). The Hall–Kier alpha value is -2.43. The van der Waals surface area contributed by atoms with Crippen molar-refractivity contribution in [3.63, 3.8) is 0 Å². The van der Waals surface area contributed by atoms with Gasteiger partial charge in [0.15, 0.2) is 0 Å². The lowest BCUT2D eigenvalue weighted by Gasteiger charge is -2.17. The monoisotopic (exact) mass is 516 g/mol. The minimum absolute atomic E-state index is 0.987. The lowest BCUT2D eigenvalue weighted by molar-refractivity contribution is -2.00. The zero-order chi connectivity index (χ0) is 24.6. The van der Waals surface area contributed by atoms with E-state index in [4.69, 9.17) is 18.6 Å². The van der Waals surface area contributed by atoms with Crippen LogP contribution in [0.2, 0.25) is 0 Å². The Labute approximate surface area is 209 Å². The SMILES string of the molecule is CCc1cccc2sc(C=CC=CC=CC=C3Nc4ccccc4S3)[n+](CC)c12.[O-][Cl+3]([O-])([O-])[O-]. The predicted octanol–water partition coefficient (Wildman–Crippen LogP) is 2.20. The Morgan fingerprint density at radius 2 is 1.62 bits per heavy atom. The van der Waals surface area contributed by atoms with Crippen molar-refractivity contribution in [1.29, 1.82) is 0 Å². The van der Waals surface area contributed by atoms with Gasteiger partial charge in [0.05, 0.1) is 10.7 Å². The summed E-state index contributed by atoms with van der Waals surface area (Å²) >= 11 is 3.63. The van der Waals surface area contributed by atoms with E-state index >= 15 is 0 Å². The van der Waals surface area contributed by atoms with Gasteiger partial charge in [0.25, 0.3) is 5.01 Å². The molecule has 1 aromatic heterocycles.